The fraction of sp³-hybridized carbons (Fsp3) is 0.276. The van der Waals surface area contributed by atoms with Crippen molar-refractivity contribution in [3.8, 4) is 11.1 Å². The molecule has 0 radical (unpaired) electrons. The third-order valence-corrected chi connectivity index (χ3v) is 6.57. The van der Waals surface area contributed by atoms with Crippen LogP contribution in [0.4, 0.5) is 9.59 Å². The minimum absolute atomic E-state index is 0.00126. The molecule has 0 spiro atoms. The van der Waals surface area contributed by atoms with Gasteiger partial charge in [-0.3, -0.25) is 4.79 Å². The van der Waals surface area contributed by atoms with Crippen LogP contribution < -0.4 is 10.6 Å². The molecular formula is C29H29ClN2O5. The molecule has 1 atom stereocenters. The number of amides is 2. The van der Waals surface area contributed by atoms with Crippen LogP contribution in [0, 0.1) is 0 Å². The van der Waals surface area contributed by atoms with E-state index in [9.17, 15) is 14.4 Å². The Morgan fingerprint density at radius 1 is 0.784 bits per heavy atom. The molecule has 0 saturated heterocycles. The van der Waals surface area contributed by atoms with Crippen LogP contribution in [0.15, 0.2) is 78.9 Å². The van der Waals surface area contributed by atoms with Gasteiger partial charge in [0.25, 0.3) is 0 Å². The van der Waals surface area contributed by atoms with Crippen LogP contribution in [0.1, 0.15) is 41.9 Å². The van der Waals surface area contributed by atoms with Crippen LogP contribution in [0.2, 0.25) is 0 Å². The summed E-state index contributed by atoms with van der Waals surface area (Å²) in [6.07, 6.45) is 0.279. The largest absolute Gasteiger partial charge is 0.449 e. The lowest BCUT2D eigenvalue weighted by atomic mass is 9.98. The fourth-order valence-corrected chi connectivity index (χ4v) is 4.63. The van der Waals surface area contributed by atoms with Gasteiger partial charge in [0.2, 0.25) is 5.24 Å². The maximum atomic E-state index is 12.3. The molecule has 0 aliphatic heterocycles. The number of fused-ring (bicyclic) bond motifs is 3. The van der Waals surface area contributed by atoms with Crippen LogP contribution in [0.5, 0.6) is 0 Å². The molecule has 37 heavy (non-hydrogen) atoms. The highest BCUT2D eigenvalue weighted by Gasteiger charge is 2.29. The number of carbonyl (C=O) groups excluding carboxylic acids is 3. The van der Waals surface area contributed by atoms with Gasteiger partial charge >= 0.3 is 12.2 Å². The van der Waals surface area contributed by atoms with Gasteiger partial charge in [-0.2, -0.15) is 0 Å². The van der Waals surface area contributed by atoms with E-state index < -0.39 is 23.5 Å². The van der Waals surface area contributed by atoms with E-state index in [1.165, 1.54) is 11.1 Å². The van der Waals surface area contributed by atoms with Crippen molar-refractivity contribution >= 4 is 29.0 Å². The first-order valence-electron chi connectivity index (χ1n) is 12.3. The fourth-order valence-electron chi connectivity index (χ4n) is 4.46. The van der Waals surface area contributed by atoms with Crippen molar-refractivity contribution in [2.45, 2.75) is 37.8 Å². The zero-order valence-corrected chi connectivity index (χ0v) is 21.1. The van der Waals surface area contributed by atoms with E-state index >= 15 is 0 Å². The van der Waals surface area contributed by atoms with Gasteiger partial charge in [0, 0.05) is 12.5 Å². The number of rotatable bonds is 11. The molecule has 2 amide bonds. The molecule has 192 valence electrons. The molecule has 0 saturated carbocycles. The minimum atomic E-state index is -0.862. The van der Waals surface area contributed by atoms with Crippen molar-refractivity contribution in [1.29, 1.82) is 0 Å². The smallest absolute Gasteiger partial charge is 0.408 e. The Balaban J connectivity index is 1.15. The summed E-state index contributed by atoms with van der Waals surface area (Å²) in [5, 5.41) is 4.58. The SMILES string of the molecule is O=C(NCCCC[C@H](NC(=O)OCc1ccccc1)C(=O)Cl)OCC1c2ccccc2-c2ccccc21. The Bertz CT molecular complexity index is 1190. The summed E-state index contributed by atoms with van der Waals surface area (Å²) >= 11 is 5.64. The van der Waals surface area contributed by atoms with Gasteiger partial charge in [-0.1, -0.05) is 78.9 Å². The summed E-state index contributed by atoms with van der Waals surface area (Å²) in [7, 11) is 0. The first-order valence-corrected chi connectivity index (χ1v) is 12.7. The highest BCUT2D eigenvalue weighted by molar-refractivity contribution is 6.64. The second-order valence-electron chi connectivity index (χ2n) is 8.81. The van der Waals surface area contributed by atoms with E-state index in [1.807, 2.05) is 54.6 Å². The second kappa shape index (κ2) is 12.9. The van der Waals surface area contributed by atoms with E-state index in [0.29, 0.717) is 25.8 Å². The summed E-state index contributed by atoms with van der Waals surface area (Å²) in [5.74, 6) is 0.00126. The lowest BCUT2D eigenvalue weighted by Gasteiger charge is -2.16. The van der Waals surface area contributed by atoms with Gasteiger partial charge in [0.15, 0.2) is 0 Å². The lowest BCUT2D eigenvalue weighted by molar-refractivity contribution is -0.113. The number of nitrogens with one attached hydrogen (secondary N) is 2. The molecule has 0 fully saturated rings. The number of unbranched alkanes of at least 4 members (excludes halogenated alkanes) is 1. The Labute approximate surface area is 221 Å². The molecule has 0 heterocycles. The van der Waals surface area contributed by atoms with Crippen LogP contribution in [-0.4, -0.2) is 36.6 Å². The van der Waals surface area contributed by atoms with Crippen LogP contribution in [0.3, 0.4) is 0 Å². The number of halogens is 1. The van der Waals surface area contributed by atoms with Gasteiger partial charge in [-0.25, -0.2) is 9.59 Å². The van der Waals surface area contributed by atoms with E-state index in [-0.39, 0.29) is 19.1 Å². The van der Waals surface area contributed by atoms with Crippen LogP contribution >= 0.6 is 11.6 Å². The Kier molecular flexibility index (Phi) is 9.16. The average molecular weight is 521 g/mol. The lowest BCUT2D eigenvalue weighted by Crippen LogP contribution is -2.39. The van der Waals surface area contributed by atoms with E-state index in [1.54, 1.807) is 0 Å². The van der Waals surface area contributed by atoms with Gasteiger partial charge < -0.3 is 20.1 Å². The molecule has 7 nitrogen and oxygen atoms in total. The van der Waals surface area contributed by atoms with Crippen molar-refractivity contribution in [3.63, 3.8) is 0 Å². The highest BCUT2D eigenvalue weighted by atomic mass is 35.5. The average Bonchev–Trinajstić information content (AvgIpc) is 3.24. The molecule has 0 aromatic heterocycles. The van der Waals surface area contributed by atoms with Gasteiger partial charge in [0.1, 0.15) is 19.3 Å². The molecule has 0 unspecified atom stereocenters. The Morgan fingerprint density at radius 2 is 1.41 bits per heavy atom. The maximum absolute atomic E-state index is 12.3. The van der Waals surface area contributed by atoms with Crippen molar-refractivity contribution in [2.24, 2.45) is 0 Å². The van der Waals surface area contributed by atoms with E-state index in [0.717, 1.165) is 16.7 Å². The standard InChI is InChI=1S/C29H29ClN2O5/c30-27(33)26(32-29(35)36-18-20-10-2-1-3-11-20)16-8-9-17-31-28(34)37-19-25-23-14-6-4-12-21(23)22-13-5-7-15-24(22)25/h1-7,10-15,25-26H,8-9,16-19H2,(H,31,34)(H,32,35)/t26-/m0/s1. The van der Waals surface area contributed by atoms with Gasteiger partial charge in [0.05, 0.1) is 0 Å². The predicted octanol–water partition coefficient (Wildman–Crippen LogP) is 5.76. The number of carbonyl (C=O) groups is 3. The van der Waals surface area contributed by atoms with E-state index in [4.69, 9.17) is 21.1 Å². The number of benzene rings is 3. The third-order valence-electron chi connectivity index (χ3n) is 6.31. The monoisotopic (exact) mass is 520 g/mol. The zero-order valence-electron chi connectivity index (χ0n) is 20.3. The molecule has 3 aromatic carbocycles. The first kappa shape index (κ1) is 26.2. The molecule has 3 aromatic rings. The normalized spacial score (nSPS) is 12.7. The second-order valence-corrected chi connectivity index (χ2v) is 9.18. The van der Waals surface area contributed by atoms with Crippen molar-refractivity contribution in [1.82, 2.24) is 10.6 Å². The number of hydrogen-bond acceptors (Lipinski definition) is 5. The Hall–Kier alpha value is -3.84. The maximum Gasteiger partial charge on any atom is 0.408 e. The number of hydrogen-bond donors (Lipinski definition) is 2. The highest BCUT2D eigenvalue weighted by Crippen LogP contribution is 2.44. The molecule has 8 heteroatoms. The summed E-state index contributed by atoms with van der Waals surface area (Å²) < 4.78 is 10.7. The first-order chi connectivity index (χ1) is 18.0. The van der Waals surface area contributed by atoms with E-state index in [2.05, 4.69) is 34.9 Å². The summed E-state index contributed by atoms with van der Waals surface area (Å²) in [6, 6.07) is 24.7. The van der Waals surface area contributed by atoms with Crippen molar-refractivity contribution < 1.29 is 23.9 Å². The molecule has 0 bridgehead atoms. The van der Waals surface area contributed by atoms with Crippen LogP contribution in [0.25, 0.3) is 11.1 Å². The molecule has 2 N–H and O–H groups in total. The van der Waals surface area contributed by atoms with Crippen molar-refractivity contribution in [3.05, 3.63) is 95.6 Å². The summed E-state index contributed by atoms with van der Waals surface area (Å²) in [5.41, 5.74) is 5.50. The number of alkyl carbamates (subject to hydrolysis) is 2. The summed E-state index contributed by atoms with van der Waals surface area (Å²) in [4.78, 5) is 36.0. The minimum Gasteiger partial charge on any atom is -0.449 e. The number of ether oxygens (including phenoxy) is 2. The predicted molar refractivity (Wildman–Crippen MR) is 141 cm³/mol. The van der Waals surface area contributed by atoms with Crippen LogP contribution in [-0.2, 0) is 20.9 Å². The topological polar surface area (TPSA) is 93.7 Å². The quantitative estimate of drug-likeness (QED) is 0.248. The summed E-state index contributed by atoms with van der Waals surface area (Å²) in [6.45, 7) is 0.718. The van der Waals surface area contributed by atoms with Gasteiger partial charge in [-0.15, -0.1) is 0 Å². The van der Waals surface area contributed by atoms with Gasteiger partial charge in [-0.05, 0) is 58.7 Å². The molecule has 1 aliphatic rings. The zero-order chi connectivity index (χ0) is 26.0. The Morgan fingerprint density at radius 3 is 2.05 bits per heavy atom. The molecular weight excluding hydrogens is 492 g/mol. The third kappa shape index (κ3) is 7.11. The molecule has 1 aliphatic carbocycles. The van der Waals surface area contributed by atoms with Crippen molar-refractivity contribution in [2.75, 3.05) is 13.2 Å². The molecule has 4 rings (SSSR count).